The molecule has 2 N–H and O–H groups in total. The molecule has 2 aromatic rings. The maximum Gasteiger partial charge on any atom is 0.303 e. The van der Waals surface area contributed by atoms with Gasteiger partial charge in [0.2, 0.25) is 0 Å². The average molecular weight is 244 g/mol. The van der Waals surface area contributed by atoms with Gasteiger partial charge < -0.3 is 10.4 Å². The van der Waals surface area contributed by atoms with E-state index in [9.17, 15) is 4.79 Å². The van der Waals surface area contributed by atoms with Gasteiger partial charge in [-0.25, -0.2) is 0 Å². The molecule has 0 radical (unpaired) electrons. The van der Waals surface area contributed by atoms with Crippen molar-refractivity contribution in [1.82, 2.24) is 4.98 Å². The second-order valence-electron chi connectivity index (χ2n) is 4.35. The number of benzene rings is 1. The van der Waals surface area contributed by atoms with Gasteiger partial charge in [0, 0.05) is 29.7 Å². The summed E-state index contributed by atoms with van der Waals surface area (Å²) in [6.07, 6.45) is 2.54. The van der Waals surface area contributed by atoms with Crippen LogP contribution >= 0.6 is 0 Å². The monoisotopic (exact) mass is 244 g/mol. The Bertz CT molecular complexity index is 549. The fraction of sp³-hybridized carbons (Fsp3) is 0.286. The quantitative estimate of drug-likeness (QED) is 0.849. The summed E-state index contributed by atoms with van der Waals surface area (Å²) in [5.41, 5.74) is 1.94. The number of para-hydroxylation sites is 1. The molecule has 2 rings (SSSR count). The number of aliphatic carboxylic acids is 1. The predicted octanol–water partition coefficient (Wildman–Crippen LogP) is 2.90. The van der Waals surface area contributed by atoms with E-state index in [4.69, 9.17) is 5.11 Å². The molecule has 1 unspecified atom stereocenters. The summed E-state index contributed by atoms with van der Waals surface area (Å²) in [4.78, 5) is 14.8. The highest BCUT2D eigenvalue weighted by Crippen LogP contribution is 2.22. The van der Waals surface area contributed by atoms with Crippen molar-refractivity contribution in [2.75, 3.05) is 5.32 Å². The number of anilines is 1. The Morgan fingerprint density at radius 2 is 2.17 bits per heavy atom. The van der Waals surface area contributed by atoms with Gasteiger partial charge >= 0.3 is 5.97 Å². The van der Waals surface area contributed by atoms with Gasteiger partial charge in [0.15, 0.2) is 0 Å². The van der Waals surface area contributed by atoms with Gasteiger partial charge in [-0.3, -0.25) is 9.78 Å². The van der Waals surface area contributed by atoms with Crippen molar-refractivity contribution in [3.63, 3.8) is 0 Å². The predicted molar refractivity (Wildman–Crippen MR) is 71.7 cm³/mol. The minimum atomic E-state index is -0.761. The molecular formula is C14H16N2O2. The van der Waals surface area contributed by atoms with Crippen LogP contribution in [0.5, 0.6) is 0 Å². The molecule has 4 heteroatoms. The van der Waals surface area contributed by atoms with E-state index < -0.39 is 5.97 Å². The van der Waals surface area contributed by atoms with Crippen molar-refractivity contribution in [3.05, 3.63) is 36.5 Å². The van der Waals surface area contributed by atoms with Crippen LogP contribution < -0.4 is 5.32 Å². The molecule has 0 aliphatic rings. The number of hydrogen-bond acceptors (Lipinski definition) is 3. The summed E-state index contributed by atoms with van der Waals surface area (Å²) in [6, 6.07) is 9.92. The molecule has 0 amide bonds. The first-order valence-electron chi connectivity index (χ1n) is 5.99. The standard InChI is InChI=1S/C14H16N2O2/c1-10(6-7-14(17)18)16-13-8-9-15-12-5-3-2-4-11(12)13/h2-5,8-10H,6-7H2,1H3,(H,15,16)(H,17,18). The number of nitrogens with zero attached hydrogens (tertiary/aromatic N) is 1. The first-order valence-corrected chi connectivity index (χ1v) is 5.99. The molecule has 0 aliphatic heterocycles. The molecule has 0 spiro atoms. The van der Waals surface area contributed by atoms with Crippen molar-refractivity contribution in [2.45, 2.75) is 25.8 Å². The zero-order valence-corrected chi connectivity index (χ0v) is 10.3. The zero-order valence-electron chi connectivity index (χ0n) is 10.3. The van der Waals surface area contributed by atoms with Crippen molar-refractivity contribution < 1.29 is 9.90 Å². The third kappa shape index (κ3) is 2.97. The molecule has 0 saturated heterocycles. The highest BCUT2D eigenvalue weighted by molar-refractivity contribution is 5.90. The van der Waals surface area contributed by atoms with Gasteiger partial charge in [-0.2, -0.15) is 0 Å². The fourth-order valence-corrected chi connectivity index (χ4v) is 1.90. The fourth-order valence-electron chi connectivity index (χ4n) is 1.90. The number of carboxylic acid groups (broad SMARTS) is 1. The van der Waals surface area contributed by atoms with Crippen LogP contribution in [-0.4, -0.2) is 22.1 Å². The van der Waals surface area contributed by atoms with Crippen LogP contribution in [0.4, 0.5) is 5.69 Å². The number of pyridine rings is 1. The SMILES string of the molecule is CC(CCC(=O)O)Nc1ccnc2ccccc12. The van der Waals surface area contributed by atoms with E-state index in [0.717, 1.165) is 16.6 Å². The largest absolute Gasteiger partial charge is 0.481 e. The van der Waals surface area contributed by atoms with Crippen molar-refractivity contribution in [3.8, 4) is 0 Å². The highest BCUT2D eigenvalue weighted by atomic mass is 16.4. The summed E-state index contributed by atoms with van der Waals surface area (Å²) >= 11 is 0. The van der Waals surface area contributed by atoms with Crippen LogP contribution in [0.1, 0.15) is 19.8 Å². The Kier molecular flexibility index (Phi) is 3.77. The molecule has 0 saturated carbocycles. The summed E-state index contributed by atoms with van der Waals surface area (Å²) in [5.74, 6) is -0.761. The second kappa shape index (κ2) is 5.49. The lowest BCUT2D eigenvalue weighted by molar-refractivity contribution is -0.137. The number of nitrogens with one attached hydrogen (secondary N) is 1. The number of rotatable bonds is 5. The third-order valence-electron chi connectivity index (χ3n) is 2.84. The zero-order chi connectivity index (χ0) is 13.0. The summed E-state index contributed by atoms with van der Waals surface area (Å²) in [6.45, 7) is 1.98. The third-order valence-corrected chi connectivity index (χ3v) is 2.84. The molecule has 1 atom stereocenters. The summed E-state index contributed by atoms with van der Waals surface area (Å²) in [5, 5.41) is 13.1. The van der Waals surface area contributed by atoms with Gasteiger partial charge in [-0.1, -0.05) is 18.2 Å². The van der Waals surface area contributed by atoms with E-state index in [1.807, 2.05) is 37.3 Å². The minimum absolute atomic E-state index is 0.118. The van der Waals surface area contributed by atoms with E-state index in [2.05, 4.69) is 10.3 Å². The van der Waals surface area contributed by atoms with Crippen LogP contribution in [0.3, 0.4) is 0 Å². The Labute approximate surface area is 106 Å². The second-order valence-corrected chi connectivity index (χ2v) is 4.35. The highest BCUT2D eigenvalue weighted by Gasteiger charge is 2.07. The smallest absolute Gasteiger partial charge is 0.303 e. The van der Waals surface area contributed by atoms with Crippen LogP contribution in [0, 0.1) is 0 Å². The van der Waals surface area contributed by atoms with Crippen molar-refractivity contribution >= 4 is 22.6 Å². The van der Waals surface area contributed by atoms with E-state index in [1.165, 1.54) is 0 Å². The van der Waals surface area contributed by atoms with Crippen LogP contribution in [-0.2, 0) is 4.79 Å². The van der Waals surface area contributed by atoms with Gasteiger partial charge in [-0.05, 0) is 25.5 Å². The molecule has 4 nitrogen and oxygen atoms in total. The van der Waals surface area contributed by atoms with Gasteiger partial charge in [-0.15, -0.1) is 0 Å². The van der Waals surface area contributed by atoms with Gasteiger partial charge in [0.05, 0.1) is 5.52 Å². The Balaban J connectivity index is 2.14. The Morgan fingerprint density at radius 3 is 2.94 bits per heavy atom. The molecule has 0 fully saturated rings. The number of carboxylic acids is 1. The minimum Gasteiger partial charge on any atom is -0.481 e. The lowest BCUT2D eigenvalue weighted by atomic mass is 10.1. The number of aromatic nitrogens is 1. The lowest BCUT2D eigenvalue weighted by Crippen LogP contribution is -2.16. The maximum absolute atomic E-state index is 10.5. The number of hydrogen-bond donors (Lipinski definition) is 2. The molecule has 1 aromatic carbocycles. The van der Waals surface area contributed by atoms with Crippen molar-refractivity contribution in [2.24, 2.45) is 0 Å². The van der Waals surface area contributed by atoms with Gasteiger partial charge in [0.1, 0.15) is 0 Å². The first-order chi connectivity index (χ1) is 8.66. The molecule has 94 valence electrons. The Morgan fingerprint density at radius 1 is 1.39 bits per heavy atom. The lowest BCUT2D eigenvalue weighted by Gasteiger charge is -2.15. The van der Waals surface area contributed by atoms with Crippen molar-refractivity contribution in [1.29, 1.82) is 0 Å². The molecular weight excluding hydrogens is 228 g/mol. The van der Waals surface area contributed by atoms with E-state index >= 15 is 0 Å². The molecule has 0 bridgehead atoms. The van der Waals surface area contributed by atoms with Crippen LogP contribution in [0.15, 0.2) is 36.5 Å². The first kappa shape index (κ1) is 12.4. The van der Waals surface area contributed by atoms with E-state index in [1.54, 1.807) is 6.20 Å². The molecule has 1 aromatic heterocycles. The van der Waals surface area contributed by atoms with Gasteiger partial charge in [0.25, 0.3) is 0 Å². The molecule has 1 heterocycles. The normalized spacial score (nSPS) is 12.3. The average Bonchev–Trinajstić information content (AvgIpc) is 2.37. The molecule has 0 aliphatic carbocycles. The van der Waals surface area contributed by atoms with Crippen LogP contribution in [0.25, 0.3) is 10.9 Å². The summed E-state index contributed by atoms with van der Waals surface area (Å²) in [7, 11) is 0. The number of carbonyl (C=O) groups is 1. The number of fused-ring (bicyclic) bond motifs is 1. The summed E-state index contributed by atoms with van der Waals surface area (Å²) < 4.78 is 0. The topological polar surface area (TPSA) is 62.2 Å². The maximum atomic E-state index is 10.5. The molecule has 18 heavy (non-hydrogen) atoms. The van der Waals surface area contributed by atoms with Crippen LogP contribution in [0.2, 0.25) is 0 Å². The van der Waals surface area contributed by atoms with E-state index in [0.29, 0.717) is 6.42 Å². The van der Waals surface area contributed by atoms with E-state index in [-0.39, 0.29) is 12.5 Å². The Hall–Kier alpha value is -2.10.